The normalized spacial score (nSPS) is 13.2. The summed E-state index contributed by atoms with van der Waals surface area (Å²) < 4.78 is 37.3. The van der Waals surface area contributed by atoms with Crippen LogP contribution in [0.3, 0.4) is 0 Å². The third-order valence-corrected chi connectivity index (χ3v) is 3.32. The molecule has 0 bridgehead atoms. The van der Waals surface area contributed by atoms with E-state index in [2.05, 4.69) is 0 Å². The fraction of sp³-hybridized carbons (Fsp3) is 0.200. The van der Waals surface area contributed by atoms with E-state index in [0.29, 0.717) is 16.1 Å². The molecule has 2 aromatic rings. The Balaban J connectivity index is 2.13. The van der Waals surface area contributed by atoms with Crippen molar-refractivity contribution < 1.29 is 18.3 Å². The lowest BCUT2D eigenvalue weighted by atomic mass is 10.0. The fourth-order valence-electron chi connectivity index (χ4n) is 1.91. The third kappa shape index (κ3) is 3.52. The zero-order valence-corrected chi connectivity index (χ0v) is 11.1. The molecule has 1 atom stereocenters. The van der Waals surface area contributed by atoms with Gasteiger partial charge in [-0.2, -0.15) is 13.2 Å². The Labute approximate surface area is 119 Å². The molecule has 0 saturated heterocycles. The quantitative estimate of drug-likeness (QED) is 0.876. The second-order valence-corrected chi connectivity index (χ2v) is 4.84. The Hall–Kier alpha value is -1.52. The predicted molar refractivity (Wildman–Crippen MR) is 71.6 cm³/mol. The minimum absolute atomic E-state index is 0.210. The lowest BCUT2D eigenvalue weighted by molar-refractivity contribution is -0.137. The summed E-state index contributed by atoms with van der Waals surface area (Å²) in [5.74, 6) is 0. The molecule has 0 aliphatic rings. The Morgan fingerprint density at radius 3 is 2.15 bits per heavy atom. The van der Waals surface area contributed by atoms with Crippen LogP contribution in [0.5, 0.6) is 0 Å². The molecule has 2 rings (SSSR count). The molecule has 0 aromatic heterocycles. The molecule has 2 aromatic carbocycles. The minimum Gasteiger partial charge on any atom is -0.388 e. The molecule has 5 heteroatoms. The van der Waals surface area contributed by atoms with Crippen LogP contribution < -0.4 is 0 Å². The number of aliphatic hydroxyl groups excluding tert-OH is 1. The van der Waals surface area contributed by atoms with Crippen molar-refractivity contribution in [2.24, 2.45) is 0 Å². The van der Waals surface area contributed by atoms with Crippen molar-refractivity contribution in [3.8, 4) is 0 Å². The second-order valence-electron chi connectivity index (χ2n) is 4.44. The average Bonchev–Trinajstić information content (AvgIpc) is 2.38. The van der Waals surface area contributed by atoms with Gasteiger partial charge in [-0.05, 0) is 29.3 Å². The number of hydrogen-bond donors (Lipinski definition) is 1. The van der Waals surface area contributed by atoms with E-state index < -0.39 is 17.8 Å². The lowest BCUT2D eigenvalue weighted by Gasteiger charge is -2.13. The summed E-state index contributed by atoms with van der Waals surface area (Å²) in [5, 5.41) is 10.5. The highest BCUT2D eigenvalue weighted by Gasteiger charge is 2.30. The molecule has 0 aliphatic heterocycles. The summed E-state index contributed by atoms with van der Waals surface area (Å²) in [6.07, 6.45) is -4.98. The molecule has 0 aliphatic carbocycles. The van der Waals surface area contributed by atoms with Crippen LogP contribution in [0.1, 0.15) is 22.8 Å². The summed E-state index contributed by atoms with van der Waals surface area (Å²) in [6, 6.07) is 11.6. The molecular weight excluding hydrogens is 289 g/mol. The van der Waals surface area contributed by atoms with E-state index in [4.69, 9.17) is 11.6 Å². The fourth-order valence-corrected chi connectivity index (χ4v) is 2.17. The van der Waals surface area contributed by atoms with Gasteiger partial charge in [0.15, 0.2) is 0 Å². The standard InChI is InChI=1S/C15H12ClF3O/c16-13-4-2-1-3-12(13)14(20)9-10-5-7-11(8-6-10)15(17,18)19/h1-8,14,20H,9H2. The smallest absolute Gasteiger partial charge is 0.388 e. The molecule has 106 valence electrons. The van der Waals surface area contributed by atoms with E-state index in [-0.39, 0.29) is 6.42 Å². The molecule has 1 N–H and O–H groups in total. The molecule has 0 saturated carbocycles. The van der Waals surface area contributed by atoms with Crippen LogP contribution in [0, 0.1) is 0 Å². The first-order valence-corrected chi connectivity index (χ1v) is 6.34. The maximum Gasteiger partial charge on any atom is 0.416 e. The topological polar surface area (TPSA) is 20.2 Å². The van der Waals surface area contributed by atoms with Gasteiger partial charge in [-0.1, -0.05) is 41.9 Å². The van der Waals surface area contributed by atoms with Gasteiger partial charge in [0, 0.05) is 11.4 Å². The van der Waals surface area contributed by atoms with E-state index in [1.807, 2.05) is 0 Å². The molecule has 0 amide bonds. The number of aliphatic hydroxyl groups is 1. The lowest BCUT2D eigenvalue weighted by Crippen LogP contribution is -2.06. The Bertz CT molecular complexity index is 578. The average molecular weight is 301 g/mol. The molecule has 1 unspecified atom stereocenters. The van der Waals surface area contributed by atoms with Gasteiger partial charge in [-0.15, -0.1) is 0 Å². The number of halogens is 4. The van der Waals surface area contributed by atoms with E-state index in [1.54, 1.807) is 24.3 Å². The van der Waals surface area contributed by atoms with Gasteiger partial charge in [0.05, 0.1) is 11.7 Å². The van der Waals surface area contributed by atoms with E-state index in [9.17, 15) is 18.3 Å². The summed E-state index contributed by atoms with van der Waals surface area (Å²) in [5.41, 5.74) is 0.480. The van der Waals surface area contributed by atoms with Crippen LogP contribution in [-0.4, -0.2) is 5.11 Å². The van der Waals surface area contributed by atoms with Crippen molar-refractivity contribution >= 4 is 11.6 Å². The highest BCUT2D eigenvalue weighted by molar-refractivity contribution is 6.31. The highest BCUT2D eigenvalue weighted by atomic mass is 35.5. The Morgan fingerprint density at radius 1 is 1.00 bits per heavy atom. The molecular formula is C15H12ClF3O. The highest BCUT2D eigenvalue weighted by Crippen LogP contribution is 2.30. The van der Waals surface area contributed by atoms with Gasteiger partial charge < -0.3 is 5.11 Å². The van der Waals surface area contributed by atoms with Crippen LogP contribution in [0.25, 0.3) is 0 Å². The number of rotatable bonds is 3. The largest absolute Gasteiger partial charge is 0.416 e. The Kier molecular flexibility index (Phi) is 4.35. The summed E-state index contributed by atoms with van der Waals surface area (Å²) in [6.45, 7) is 0. The van der Waals surface area contributed by atoms with Crippen LogP contribution >= 0.6 is 11.6 Å². The Morgan fingerprint density at radius 2 is 1.60 bits per heavy atom. The maximum atomic E-state index is 12.4. The van der Waals surface area contributed by atoms with Crippen LogP contribution in [0.4, 0.5) is 13.2 Å². The third-order valence-electron chi connectivity index (χ3n) is 2.97. The predicted octanol–water partition coefficient (Wildman–Crippen LogP) is 4.63. The van der Waals surface area contributed by atoms with Gasteiger partial charge in [-0.25, -0.2) is 0 Å². The van der Waals surface area contributed by atoms with Crippen LogP contribution in [0.15, 0.2) is 48.5 Å². The molecule has 0 heterocycles. The summed E-state index contributed by atoms with van der Waals surface area (Å²) >= 11 is 5.96. The SMILES string of the molecule is OC(Cc1ccc(C(F)(F)F)cc1)c1ccccc1Cl. The van der Waals surface area contributed by atoms with Crippen molar-refractivity contribution in [2.45, 2.75) is 18.7 Å². The van der Waals surface area contributed by atoms with Crippen molar-refractivity contribution in [3.63, 3.8) is 0 Å². The minimum atomic E-state index is -4.35. The molecule has 20 heavy (non-hydrogen) atoms. The number of benzene rings is 2. The molecule has 1 nitrogen and oxygen atoms in total. The van der Waals surface area contributed by atoms with Crippen LogP contribution in [0.2, 0.25) is 5.02 Å². The van der Waals surface area contributed by atoms with E-state index in [0.717, 1.165) is 12.1 Å². The molecule has 0 radical (unpaired) electrons. The summed E-state index contributed by atoms with van der Waals surface area (Å²) in [7, 11) is 0. The first kappa shape index (κ1) is 14.9. The van der Waals surface area contributed by atoms with Crippen molar-refractivity contribution in [2.75, 3.05) is 0 Å². The van der Waals surface area contributed by atoms with Crippen LogP contribution in [-0.2, 0) is 12.6 Å². The first-order chi connectivity index (χ1) is 9.38. The van der Waals surface area contributed by atoms with Gasteiger partial charge in [0.2, 0.25) is 0 Å². The van der Waals surface area contributed by atoms with Gasteiger partial charge >= 0.3 is 6.18 Å². The van der Waals surface area contributed by atoms with Gasteiger partial charge in [-0.3, -0.25) is 0 Å². The molecule has 0 fully saturated rings. The zero-order valence-electron chi connectivity index (χ0n) is 10.4. The monoisotopic (exact) mass is 300 g/mol. The van der Waals surface area contributed by atoms with Gasteiger partial charge in [0.1, 0.15) is 0 Å². The second kappa shape index (κ2) is 5.85. The van der Waals surface area contributed by atoms with Gasteiger partial charge in [0.25, 0.3) is 0 Å². The zero-order chi connectivity index (χ0) is 14.8. The van der Waals surface area contributed by atoms with E-state index >= 15 is 0 Å². The number of alkyl halides is 3. The maximum absolute atomic E-state index is 12.4. The molecule has 0 spiro atoms. The van der Waals surface area contributed by atoms with Crippen molar-refractivity contribution in [1.82, 2.24) is 0 Å². The van der Waals surface area contributed by atoms with Crippen molar-refractivity contribution in [3.05, 3.63) is 70.2 Å². The number of hydrogen-bond acceptors (Lipinski definition) is 1. The summed E-state index contributed by atoms with van der Waals surface area (Å²) in [4.78, 5) is 0. The van der Waals surface area contributed by atoms with Crippen molar-refractivity contribution in [1.29, 1.82) is 0 Å². The van der Waals surface area contributed by atoms with E-state index in [1.165, 1.54) is 12.1 Å². The first-order valence-electron chi connectivity index (χ1n) is 5.96.